The zero-order valence-corrected chi connectivity index (χ0v) is 20.2. The number of hydrogen-bond acceptors (Lipinski definition) is 8. The number of nitrogens with two attached hydrogens (primary N) is 1. The Balaban J connectivity index is 1.36. The number of nitrogens with one attached hydrogen (secondary N) is 3. The summed E-state index contributed by atoms with van der Waals surface area (Å²) in [5.41, 5.74) is 7.96. The van der Waals surface area contributed by atoms with Gasteiger partial charge in [-0.05, 0) is 80.0 Å². The number of nitrogens with zero attached hydrogens (tertiary/aromatic N) is 3. The summed E-state index contributed by atoms with van der Waals surface area (Å²) in [6, 6.07) is 5.85. The first-order chi connectivity index (χ1) is 16.3. The maximum absolute atomic E-state index is 11.6. The minimum atomic E-state index is -0.479. The van der Waals surface area contributed by atoms with Crippen molar-refractivity contribution in [1.29, 1.82) is 0 Å². The van der Waals surface area contributed by atoms with E-state index in [4.69, 9.17) is 10.5 Å². The lowest BCUT2D eigenvalue weighted by molar-refractivity contribution is -0.114. The first kappa shape index (κ1) is 22.8. The molecule has 0 spiro atoms. The molecule has 4 atom stereocenters. The lowest BCUT2D eigenvalue weighted by atomic mass is 9.46. The average molecular weight is 466 g/mol. The Morgan fingerprint density at radius 1 is 1.21 bits per heavy atom. The van der Waals surface area contributed by atoms with Crippen molar-refractivity contribution in [3.8, 4) is 6.01 Å². The summed E-state index contributed by atoms with van der Waals surface area (Å²) in [7, 11) is 0. The van der Waals surface area contributed by atoms with E-state index >= 15 is 0 Å². The summed E-state index contributed by atoms with van der Waals surface area (Å²) in [4.78, 5) is 25.3. The Kier molecular flexibility index (Phi) is 6.06. The first-order valence-electron chi connectivity index (χ1n) is 12.3. The van der Waals surface area contributed by atoms with Crippen molar-refractivity contribution in [3.63, 3.8) is 0 Å². The second-order valence-electron chi connectivity index (χ2n) is 10.6. The van der Waals surface area contributed by atoms with Crippen molar-refractivity contribution < 1.29 is 9.53 Å². The van der Waals surface area contributed by atoms with Crippen molar-refractivity contribution in [1.82, 2.24) is 20.3 Å². The van der Waals surface area contributed by atoms with E-state index in [1.807, 2.05) is 13.0 Å². The molecule has 1 aliphatic heterocycles. The number of aryl methyl sites for hydroxylation is 1. The van der Waals surface area contributed by atoms with Gasteiger partial charge in [0.1, 0.15) is 0 Å². The highest BCUT2D eigenvalue weighted by Gasteiger charge is 2.54. The van der Waals surface area contributed by atoms with Crippen molar-refractivity contribution in [3.05, 3.63) is 29.3 Å². The summed E-state index contributed by atoms with van der Waals surface area (Å²) in [5, 5.41) is 9.98. The number of primary amides is 1. The third-order valence-corrected chi connectivity index (χ3v) is 8.20. The molecule has 0 radical (unpaired) electrons. The van der Waals surface area contributed by atoms with Crippen LogP contribution in [0.15, 0.2) is 18.2 Å². The van der Waals surface area contributed by atoms with Gasteiger partial charge in [0.15, 0.2) is 0 Å². The summed E-state index contributed by atoms with van der Waals surface area (Å²) >= 11 is 0. The zero-order valence-electron chi connectivity index (χ0n) is 20.2. The molecule has 0 unspecified atom stereocenters. The van der Waals surface area contributed by atoms with Crippen molar-refractivity contribution in [2.24, 2.45) is 28.9 Å². The van der Waals surface area contributed by atoms with Crippen LogP contribution < -0.4 is 26.4 Å². The quantitative estimate of drug-likeness (QED) is 0.468. The molecule has 3 saturated carbocycles. The van der Waals surface area contributed by atoms with Crippen LogP contribution in [0.2, 0.25) is 0 Å². The van der Waals surface area contributed by atoms with Gasteiger partial charge < -0.3 is 26.4 Å². The molecule has 2 heterocycles. The number of anilines is 3. The Morgan fingerprint density at radius 2 is 2.03 bits per heavy atom. The van der Waals surface area contributed by atoms with Gasteiger partial charge in [0.2, 0.25) is 17.8 Å². The van der Waals surface area contributed by atoms with Crippen LogP contribution in [-0.2, 0) is 0 Å². The molecule has 4 fully saturated rings. The largest absolute Gasteiger partial charge is 0.463 e. The van der Waals surface area contributed by atoms with Crippen LogP contribution in [0.1, 0.15) is 55.5 Å². The van der Waals surface area contributed by atoms with Crippen molar-refractivity contribution in [2.75, 3.05) is 30.3 Å². The van der Waals surface area contributed by atoms with E-state index in [1.54, 1.807) is 12.1 Å². The number of rotatable bonds is 8. The van der Waals surface area contributed by atoms with E-state index in [1.165, 1.54) is 19.3 Å². The molecule has 1 amide bonds. The van der Waals surface area contributed by atoms with Crippen LogP contribution >= 0.6 is 0 Å². The molecule has 4 aliphatic rings. The molecule has 1 aromatic heterocycles. The predicted octanol–water partition coefficient (Wildman–Crippen LogP) is 3.25. The van der Waals surface area contributed by atoms with Gasteiger partial charge in [-0.2, -0.15) is 15.0 Å². The number of aromatic nitrogens is 3. The standard InChI is InChI=1S/C25H35N7O2/c1-14-4-5-15(21(26)33)10-20(14)29-23-30-22(28-18-8-9-27-12-18)31-24(32-23)34-13-16-6-7-17-11-19(16)25(17,2)3/h4-5,10,16-19,27H,6-9,11-13H2,1-3H3,(H2,26,33)(H2,28,29,30,31,32)/t16-,17-,18+,19-/m0/s1. The Bertz CT molecular complexity index is 1070. The molecule has 182 valence electrons. The zero-order chi connectivity index (χ0) is 23.9. The fourth-order valence-electron chi connectivity index (χ4n) is 5.88. The van der Waals surface area contributed by atoms with Crippen LogP contribution in [0.4, 0.5) is 17.6 Å². The monoisotopic (exact) mass is 465 g/mol. The van der Waals surface area contributed by atoms with Crippen LogP contribution in [0.5, 0.6) is 6.01 Å². The smallest absolute Gasteiger partial charge is 0.323 e. The van der Waals surface area contributed by atoms with Gasteiger partial charge in [0.05, 0.1) is 6.61 Å². The Morgan fingerprint density at radius 3 is 2.74 bits per heavy atom. The number of fused-ring (bicyclic) bond motifs is 2. The van der Waals surface area contributed by atoms with Gasteiger partial charge in [0.25, 0.3) is 0 Å². The van der Waals surface area contributed by atoms with Crippen LogP contribution in [0.3, 0.4) is 0 Å². The number of carbonyl (C=O) groups is 1. The van der Waals surface area contributed by atoms with E-state index in [9.17, 15) is 4.79 Å². The van der Waals surface area contributed by atoms with Crippen LogP contribution in [0, 0.1) is 30.1 Å². The van der Waals surface area contributed by atoms with E-state index in [0.717, 1.165) is 36.7 Å². The molecule has 2 bridgehead atoms. The number of hydrogen-bond donors (Lipinski definition) is 4. The Labute approximate surface area is 200 Å². The molecule has 5 N–H and O–H groups in total. The number of carbonyl (C=O) groups excluding carboxylic acids is 1. The minimum absolute atomic E-state index is 0.258. The molecular weight excluding hydrogens is 430 g/mol. The maximum atomic E-state index is 11.6. The van der Waals surface area contributed by atoms with E-state index in [-0.39, 0.29) is 6.04 Å². The van der Waals surface area contributed by atoms with Gasteiger partial charge in [-0.1, -0.05) is 19.9 Å². The molecule has 1 saturated heterocycles. The summed E-state index contributed by atoms with van der Waals surface area (Å²) in [6.07, 6.45) is 4.79. The molecule has 2 aromatic rings. The van der Waals surface area contributed by atoms with E-state index in [2.05, 4.69) is 44.7 Å². The summed E-state index contributed by atoms with van der Waals surface area (Å²) < 4.78 is 6.18. The minimum Gasteiger partial charge on any atom is -0.463 e. The second-order valence-corrected chi connectivity index (χ2v) is 10.6. The highest BCUT2D eigenvalue weighted by atomic mass is 16.5. The number of benzene rings is 1. The molecule has 1 aromatic carbocycles. The third kappa shape index (κ3) is 4.53. The van der Waals surface area contributed by atoms with Crippen LogP contribution in [0.25, 0.3) is 0 Å². The van der Waals surface area contributed by atoms with Gasteiger partial charge >= 0.3 is 6.01 Å². The fraction of sp³-hybridized carbons (Fsp3) is 0.600. The SMILES string of the molecule is Cc1ccc(C(N)=O)cc1Nc1nc(N[C@@H]2CCNC2)nc(OC[C@@H]2CC[C@H]3C[C@@H]2C3(C)C)n1. The normalized spacial score (nSPS) is 27.0. The predicted molar refractivity (Wildman–Crippen MR) is 131 cm³/mol. The maximum Gasteiger partial charge on any atom is 0.323 e. The van der Waals surface area contributed by atoms with Gasteiger partial charge in [-0.3, -0.25) is 4.79 Å². The van der Waals surface area contributed by atoms with Crippen molar-refractivity contribution >= 4 is 23.5 Å². The highest BCUT2D eigenvalue weighted by molar-refractivity contribution is 5.94. The highest BCUT2D eigenvalue weighted by Crippen LogP contribution is 2.61. The van der Waals surface area contributed by atoms with Crippen LogP contribution in [-0.4, -0.2) is 46.6 Å². The van der Waals surface area contributed by atoms with Gasteiger partial charge in [-0.15, -0.1) is 0 Å². The topological polar surface area (TPSA) is 127 Å². The summed E-state index contributed by atoms with van der Waals surface area (Å²) in [6.45, 7) is 9.18. The third-order valence-electron chi connectivity index (χ3n) is 8.20. The average Bonchev–Trinajstić information content (AvgIpc) is 3.32. The van der Waals surface area contributed by atoms with Gasteiger partial charge in [-0.25, -0.2) is 0 Å². The molecule has 34 heavy (non-hydrogen) atoms. The van der Waals surface area contributed by atoms with E-state index in [0.29, 0.717) is 47.3 Å². The van der Waals surface area contributed by atoms with E-state index < -0.39 is 5.91 Å². The first-order valence-corrected chi connectivity index (χ1v) is 12.3. The van der Waals surface area contributed by atoms with Gasteiger partial charge in [0, 0.05) is 23.8 Å². The molecule has 3 aliphatic carbocycles. The lowest BCUT2D eigenvalue weighted by Gasteiger charge is -2.60. The summed E-state index contributed by atoms with van der Waals surface area (Å²) in [5.74, 6) is 2.46. The number of amides is 1. The Hall–Kier alpha value is -2.94. The second kappa shape index (κ2) is 9.02. The number of ether oxygens (including phenoxy) is 1. The molecular formula is C25H35N7O2. The molecule has 9 heteroatoms. The molecule has 6 rings (SSSR count). The molecule has 9 nitrogen and oxygen atoms in total. The fourth-order valence-corrected chi connectivity index (χ4v) is 5.88. The lowest BCUT2D eigenvalue weighted by Crippen LogP contribution is -2.53. The van der Waals surface area contributed by atoms with Crippen molar-refractivity contribution in [2.45, 2.75) is 52.5 Å².